The molecular formula is C15H20N6O. The predicted molar refractivity (Wildman–Crippen MR) is 85.4 cm³/mol. The van der Waals surface area contributed by atoms with Gasteiger partial charge in [-0.15, -0.1) is 0 Å². The third kappa shape index (κ3) is 2.93. The van der Waals surface area contributed by atoms with E-state index in [2.05, 4.69) is 36.9 Å². The van der Waals surface area contributed by atoms with Crippen LogP contribution in [0, 0.1) is 13.8 Å². The lowest BCUT2D eigenvalue weighted by Gasteiger charge is -2.24. The van der Waals surface area contributed by atoms with Crippen LogP contribution in [0.15, 0.2) is 23.3 Å². The molecule has 0 amide bonds. The molecule has 1 N–H and O–H groups in total. The molecule has 1 aliphatic heterocycles. The van der Waals surface area contributed by atoms with Crippen LogP contribution < -0.4 is 15.4 Å². The molecule has 0 radical (unpaired) electrons. The van der Waals surface area contributed by atoms with Crippen LogP contribution in [0.5, 0.6) is 0 Å². The van der Waals surface area contributed by atoms with Gasteiger partial charge >= 0.3 is 0 Å². The smallest absolute Gasteiger partial charge is 0.264 e. The van der Waals surface area contributed by atoms with E-state index in [1.165, 1.54) is 6.07 Å². The summed E-state index contributed by atoms with van der Waals surface area (Å²) in [7, 11) is 0. The fourth-order valence-electron chi connectivity index (χ4n) is 2.72. The molecule has 22 heavy (non-hydrogen) atoms. The summed E-state index contributed by atoms with van der Waals surface area (Å²) in [6.07, 6.45) is 2.65. The van der Waals surface area contributed by atoms with Gasteiger partial charge in [0.15, 0.2) is 0 Å². The molecule has 3 heterocycles. The second-order valence-electron chi connectivity index (χ2n) is 5.51. The predicted octanol–water partition coefficient (Wildman–Crippen LogP) is 0.893. The second-order valence-corrected chi connectivity index (χ2v) is 5.51. The van der Waals surface area contributed by atoms with E-state index in [9.17, 15) is 4.79 Å². The molecule has 0 atom stereocenters. The molecule has 0 aromatic carbocycles. The van der Waals surface area contributed by atoms with E-state index in [1.54, 1.807) is 12.4 Å². The molecule has 0 bridgehead atoms. The van der Waals surface area contributed by atoms with Crippen molar-refractivity contribution in [3.8, 4) is 0 Å². The van der Waals surface area contributed by atoms with Crippen LogP contribution in [0.3, 0.4) is 0 Å². The zero-order valence-corrected chi connectivity index (χ0v) is 12.9. The molecule has 0 unspecified atom stereocenters. The molecule has 0 saturated carbocycles. The van der Waals surface area contributed by atoms with Gasteiger partial charge in [0.1, 0.15) is 18.0 Å². The SMILES string of the molecule is Cc1ncnc(N2CCCN(c3ccc(=O)[nH]n3)CC2)c1C. The van der Waals surface area contributed by atoms with E-state index in [0.29, 0.717) is 0 Å². The highest BCUT2D eigenvalue weighted by Gasteiger charge is 2.19. The van der Waals surface area contributed by atoms with Crippen molar-refractivity contribution >= 4 is 11.6 Å². The van der Waals surface area contributed by atoms with Gasteiger partial charge in [-0.05, 0) is 26.3 Å². The van der Waals surface area contributed by atoms with Gasteiger partial charge in [0.25, 0.3) is 5.56 Å². The van der Waals surface area contributed by atoms with Gasteiger partial charge in [-0.2, -0.15) is 5.10 Å². The summed E-state index contributed by atoms with van der Waals surface area (Å²) in [4.78, 5) is 24.3. The number of hydrogen-bond donors (Lipinski definition) is 1. The Kier molecular flexibility index (Phi) is 4.04. The summed E-state index contributed by atoms with van der Waals surface area (Å²) < 4.78 is 0. The first-order chi connectivity index (χ1) is 10.6. The number of hydrogen-bond acceptors (Lipinski definition) is 6. The van der Waals surface area contributed by atoms with E-state index < -0.39 is 0 Å². The van der Waals surface area contributed by atoms with Gasteiger partial charge in [0.2, 0.25) is 0 Å². The largest absolute Gasteiger partial charge is 0.354 e. The molecule has 1 aliphatic rings. The molecule has 7 heteroatoms. The number of aryl methyl sites for hydroxylation is 1. The third-order valence-corrected chi connectivity index (χ3v) is 4.09. The highest BCUT2D eigenvalue weighted by atomic mass is 16.1. The minimum Gasteiger partial charge on any atom is -0.354 e. The Labute approximate surface area is 129 Å². The second kappa shape index (κ2) is 6.13. The maximum atomic E-state index is 11.1. The lowest BCUT2D eigenvalue weighted by Crippen LogP contribution is -2.32. The van der Waals surface area contributed by atoms with Gasteiger partial charge in [0.05, 0.1) is 0 Å². The standard InChI is InChI=1S/C15H20N6O/c1-11-12(2)16-10-17-15(11)21-7-3-6-20(8-9-21)13-4-5-14(22)19-18-13/h4-5,10H,3,6-9H2,1-2H3,(H,19,22). The molecule has 0 spiro atoms. The van der Waals surface area contributed by atoms with Gasteiger partial charge in [-0.1, -0.05) is 0 Å². The van der Waals surface area contributed by atoms with Crippen LogP contribution in [0.4, 0.5) is 11.6 Å². The lowest BCUT2D eigenvalue weighted by molar-refractivity contribution is 0.781. The molecule has 3 rings (SSSR count). The van der Waals surface area contributed by atoms with Gasteiger partial charge in [-0.3, -0.25) is 4.79 Å². The average molecular weight is 300 g/mol. The summed E-state index contributed by atoms with van der Waals surface area (Å²) in [5.41, 5.74) is 1.99. The molecule has 7 nitrogen and oxygen atoms in total. The number of nitrogens with one attached hydrogen (secondary N) is 1. The third-order valence-electron chi connectivity index (χ3n) is 4.09. The Balaban J connectivity index is 1.76. The van der Waals surface area contributed by atoms with Crippen LogP contribution in [0.1, 0.15) is 17.7 Å². The Bertz CT molecular complexity index is 693. The zero-order chi connectivity index (χ0) is 15.5. The Hall–Kier alpha value is -2.44. The summed E-state index contributed by atoms with van der Waals surface area (Å²) in [5.74, 6) is 1.83. The number of aromatic nitrogens is 4. The van der Waals surface area contributed by atoms with Crippen molar-refractivity contribution in [2.24, 2.45) is 0 Å². The minimum atomic E-state index is -0.174. The van der Waals surface area contributed by atoms with E-state index in [0.717, 1.165) is 55.5 Å². The average Bonchev–Trinajstić information content (AvgIpc) is 2.77. The summed E-state index contributed by atoms with van der Waals surface area (Å²) in [6.45, 7) is 7.67. The van der Waals surface area contributed by atoms with Gasteiger partial charge < -0.3 is 9.80 Å². The van der Waals surface area contributed by atoms with Crippen molar-refractivity contribution in [2.75, 3.05) is 36.0 Å². The maximum Gasteiger partial charge on any atom is 0.264 e. The lowest BCUT2D eigenvalue weighted by atomic mass is 10.2. The van der Waals surface area contributed by atoms with E-state index in [-0.39, 0.29) is 5.56 Å². The molecule has 2 aromatic rings. The molecule has 1 fully saturated rings. The Morgan fingerprint density at radius 3 is 2.59 bits per heavy atom. The van der Waals surface area contributed by atoms with Crippen molar-refractivity contribution in [1.29, 1.82) is 0 Å². The normalized spacial score (nSPS) is 15.7. The molecular weight excluding hydrogens is 280 g/mol. The molecule has 1 saturated heterocycles. The number of rotatable bonds is 2. The van der Waals surface area contributed by atoms with Gasteiger partial charge in [-0.25, -0.2) is 15.1 Å². The van der Waals surface area contributed by atoms with Crippen LogP contribution in [-0.2, 0) is 0 Å². The number of nitrogens with zero attached hydrogens (tertiary/aromatic N) is 5. The van der Waals surface area contributed by atoms with Crippen molar-refractivity contribution in [1.82, 2.24) is 20.2 Å². The summed E-state index contributed by atoms with van der Waals surface area (Å²) in [5, 5.41) is 6.61. The first kappa shape index (κ1) is 14.5. The maximum absolute atomic E-state index is 11.1. The van der Waals surface area contributed by atoms with E-state index >= 15 is 0 Å². The Morgan fingerprint density at radius 1 is 1.05 bits per heavy atom. The Morgan fingerprint density at radius 2 is 1.82 bits per heavy atom. The monoisotopic (exact) mass is 300 g/mol. The summed E-state index contributed by atoms with van der Waals surface area (Å²) in [6, 6.07) is 3.29. The zero-order valence-electron chi connectivity index (χ0n) is 12.9. The topological polar surface area (TPSA) is 78.0 Å². The van der Waals surface area contributed by atoms with Crippen molar-refractivity contribution < 1.29 is 0 Å². The van der Waals surface area contributed by atoms with Crippen molar-refractivity contribution in [2.45, 2.75) is 20.3 Å². The molecule has 0 aliphatic carbocycles. The number of H-pyrrole nitrogens is 1. The van der Waals surface area contributed by atoms with Crippen LogP contribution in [0.2, 0.25) is 0 Å². The first-order valence-electron chi connectivity index (χ1n) is 7.49. The fourth-order valence-corrected chi connectivity index (χ4v) is 2.72. The van der Waals surface area contributed by atoms with E-state index in [4.69, 9.17) is 0 Å². The highest BCUT2D eigenvalue weighted by Crippen LogP contribution is 2.20. The summed E-state index contributed by atoms with van der Waals surface area (Å²) >= 11 is 0. The quantitative estimate of drug-likeness (QED) is 0.887. The van der Waals surface area contributed by atoms with Crippen LogP contribution in [0.25, 0.3) is 0 Å². The first-order valence-corrected chi connectivity index (χ1v) is 7.49. The number of aromatic amines is 1. The van der Waals surface area contributed by atoms with Crippen molar-refractivity contribution in [3.63, 3.8) is 0 Å². The van der Waals surface area contributed by atoms with Gasteiger partial charge in [0, 0.05) is 43.5 Å². The molecule has 2 aromatic heterocycles. The number of anilines is 2. The highest BCUT2D eigenvalue weighted by molar-refractivity contribution is 5.48. The van der Waals surface area contributed by atoms with Crippen LogP contribution in [-0.4, -0.2) is 46.3 Å². The fraction of sp³-hybridized carbons (Fsp3) is 0.467. The van der Waals surface area contributed by atoms with Crippen LogP contribution >= 0.6 is 0 Å². The minimum absolute atomic E-state index is 0.174. The van der Waals surface area contributed by atoms with Crippen molar-refractivity contribution in [3.05, 3.63) is 40.1 Å². The van der Waals surface area contributed by atoms with E-state index in [1.807, 2.05) is 6.92 Å². The molecule has 116 valence electrons.